The molecule has 0 spiro atoms. The predicted molar refractivity (Wildman–Crippen MR) is 126 cm³/mol. The van der Waals surface area contributed by atoms with Crippen LogP contribution in [0.4, 0.5) is 5.88 Å². The van der Waals surface area contributed by atoms with Crippen molar-refractivity contribution in [1.82, 2.24) is 0 Å². The van der Waals surface area contributed by atoms with E-state index >= 15 is 0 Å². The highest BCUT2D eigenvalue weighted by molar-refractivity contribution is 6.30. The number of nitrogens with zero attached hydrogens (tertiary/aromatic N) is 2. The summed E-state index contributed by atoms with van der Waals surface area (Å²) < 4.78 is 16.7. The van der Waals surface area contributed by atoms with Crippen molar-refractivity contribution >= 4 is 23.7 Å². The van der Waals surface area contributed by atoms with Crippen LogP contribution in [0.5, 0.6) is 11.5 Å². The van der Waals surface area contributed by atoms with Crippen LogP contribution in [0.2, 0.25) is 5.02 Å². The third-order valence-corrected chi connectivity index (χ3v) is 5.19. The van der Waals surface area contributed by atoms with Gasteiger partial charge < -0.3 is 13.9 Å². The molecule has 0 unspecified atom stereocenters. The Balaban J connectivity index is 1.86. The van der Waals surface area contributed by atoms with Gasteiger partial charge in [-0.2, -0.15) is 5.26 Å². The zero-order valence-electron chi connectivity index (χ0n) is 17.5. The minimum absolute atomic E-state index is 0.235. The van der Waals surface area contributed by atoms with Crippen molar-refractivity contribution in [3.05, 3.63) is 88.9 Å². The Labute approximate surface area is 191 Å². The summed E-state index contributed by atoms with van der Waals surface area (Å²) in [6, 6.07) is 24.5. The second-order valence-corrected chi connectivity index (χ2v) is 7.30. The SMILES string of the molecule is COc1ccc(-c2oc(N=Cc3ccc(Cl)cc3)c(C#N)c2-c2ccc(OC)cc2)cc1. The molecular weight excluding hydrogens is 424 g/mol. The van der Waals surface area contributed by atoms with Crippen molar-refractivity contribution in [2.45, 2.75) is 0 Å². The van der Waals surface area contributed by atoms with E-state index in [4.69, 9.17) is 25.5 Å². The van der Waals surface area contributed by atoms with Crippen LogP contribution in [0, 0.1) is 11.3 Å². The van der Waals surface area contributed by atoms with E-state index in [9.17, 15) is 5.26 Å². The Morgan fingerprint density at radius 3 is 1.94 bits per heavy atom. The van der Waals surface area contributed by atoms with Crippen LogP contribution >= 0.6 is 11.6 Å². The molecule has 0 atom stereocenters. The van der Waals surface area contributed by atoms with Gasteiger partial charge in [0, 0.05) is 22.4 Å². The molecular formula is C26H19ClN2O3. The highest BCUT2D eigenvalue weighted by Crippen LogP contribution is 2.43. The number of methoxy groups -OCH3 is 2. The van der Waals surface area contributed by atoms with Gasteiger partial charge in [-0.1, -0.05) is 35.9 Å². The van der Waals surface area contributed by atoms with Crippen LogP contribution < -0.4 is 9.47 Å². The van der Waals surface area contributed by atoms with Crippen molar-refractivity contribution in [2.24, 2.45) is 4.99 Å². The number of nitriles is 1. The number of rotatable bonds is 6. The van der Waals surface area contributed by atoms with Gasteiger partial charge in [0.15, 0.2) is 0 Å². The van der Waals surface area contributed by atoms with Crippen LogP contribution in [0.15, 0.2) is 82.2 Å². The quantitative estimate of drug-likeness (QED) is 0.304. The number of ether oxygens (including phenoxy) is 2. The summed E-state index contributed by atoms with van der Waals surface area (Å²) in [4.78, 5) is 4.47. The zero-order valence-corrected chi connectivity index (χ0v) is 18.3. The maximum atomic E-state index is 9.99. The highest BCUT2D eigenvalue weighted by Gasteiger charge is 2.23. The van der Waals surface area contributed by atoms with E-state index < -0.39 is 0 Å². The normalized spacial score (nSPS) is 10.8. The molecule has 6 heteroatoms. The topological polar surface area (TPSA) is 67.8 Å². The fraction of sp³-hybridized carbons (Fsp3) is 0.0769. The number of furan rings is 1. The first kappa shape index (κ1) is 21.2. The average Bonchev–Trinajstić information content (AvgIpc) is 3.22. The van der Waals surface area contributed by atoms with E-state index in [1.807, 2.05) is 60.7 Å². The van der Waals surface area contributed by atoms with Gasteiger partial charge in [0.2, 0.25) is 5.88 Å². The maximum Gasteiger partial charge on any atom is 0.238 e. The minimum Gasteiger partial charge on any atom is -0.497 e. The van der Waals surface area contributed by atoms with Gasteiger partial charge in [-0.25, -0.2) is 4.99 Å². The summed E-state index contributed by atoms with van der Waals surface area (Å²) in [6.45, 7) is 0. The molecule has 1 heterocycles. The summed E-state index contributed by atoms with van der Waals surface area (Å²) in [6.07, 6.45) is 1.64. The lowest BCUT2D eigenvalue weighted by molar-refractivity contribution is 0.414. The molecule has 158 valence electrons. The van der Waals surface area contributed by atoms with Gasteiger partial charge in [-0.05, 0) is 59.7 Å². The lowest BCUT2D eigenvalue weighted by atomic mass is 9.98. The number of hydrogen-bond acceptors (Lipinski definition) is 5. The van der Waals surface area contributed by atoms with E-state index in [0.717, 1.165) is 28.2 Å². The van der Waals surface area contributed by atoms with E-state index in [2.05, 4.69) is 11.1 Å². The summed E-state index contributed by atoms with van der Waals surface area (Å²) in [7, 11) is 3.22. The van der Waals surface area contributed by atoms with Crippen LogP contribution in [0.25, 0.3) is 22.5 Å². The van der Waals surface area contributed by atoms with Gasteiger partial charge in [-0.3, -0.25) is 0 Å². The van der Waals surface area contributed by atoms with Crippen molar-refractivity contribution in [3.8, 4) is 40.0 Å². The Bertz CT molecular complexity index is 1280. The number of halogens is 1. The summed E-state index contributed by atoms with van der Waals surface area (Å²) in [5.41, 5.74) is 3.49. The van der Waals surface area contributed by atoms with E-state index in [0.29, 0.717) is 21.9 Å². The van der Waals surface area contributed by atoms with Crippen molar-refractivity contribution in [2.75, 3.05) is 14.2 Å². The van der Waals surface area contributed by atoms with E-state index in [1.165, 1.54) is 0 Å². The van der Waals surface area contributed by atoms with Crippen molar-refractivity contribution in [1.29, 1.82) is 5.26 Å². The second-order valence-electron chi connectivity index (χ2n) is 6.86. The molecule has 0 saturated carbocycles. The largest absolute Gasteiger partial charge is 0.497 e. The second kappa shape index (κ2) is 9.42. The number of benzene rings is 3. The summed E-state index contributed by atoms with van der Waals surface area (Å²) in [5.74, 6) is 2.24. The Kier molecular flexibility index (Phi) is 6.25. The molecule has 3 aromatic carbocycles. The zero-order chi connectivity index (χ0) is 22.5. The lowest BCUT2D eigenvalue weighted by Crippen LogP contribution is -1.87. The molecule has 32 heavy (non-hydrogen) atoms. The van der Waals surface area contributed by atoms with Crippen LogP contribution in [0.1, 0.15) is 11.1 Å². The molecule has 0 aliphatic rings. The highest BCUT2D eigenvalue weighted by atomic mass is 35.5. The first-order valence-corrected chi connectivity index (χ1v) is 10.2. The smallest absolute Gasteiger partial charge is 0.238 e. The van der Waals surface area contributed by atoms with Gasteiger partial charge >= 0.3 is 0 Å². The molecule has 1 aromatic heterocycles. The molecule has 0 bridgehead atoms. The van der Waals surface area contributed by atoms with Crippen LogP contribution in [-0.4, -0.2) is 20.4 Å². The predicted octanol–water partition coefficient (Wildman–Crippen LogP) is 6.91. The summed E-state index contributed by atoms with van der Waals surface area (Å²) in [5, 5.41) is 10.6. The first-order chi connectivity index (χ1) is 15.6. The minimum atomic E-state index is 0.235. The van der Waals surface area contributed by atoms with Gasteiger partial charge in [-0.15, -0.1) is 0 Å². The third kappa shape index (κ3) is 4.36. The van der Waals surface area contributed by atoms with Crippen molar-refractivity contribution in [3.63, 3.8) is 0 Å². The summed E-state index contributed by atoms with van der Waals surface area (Å²) >= 11 is 5.96. The Hall–Kier alpha value is -4.01. The van der Waals surface area contributed by atoms with E-state index in [-0.39, 0.29) is 5.88 Å². The van der Waals surface area contributed by atoms with E-state index in [1.54, 1.807) is 32.6 Å². The molecule has 4 aromatic rings. The fourth-order valence-electron chi connectivity index (χ4n) is 3.27. The maximum absolute atomic E-state index is 9.99. The third-order valence-electron chi connectivity index (χ3n) is 4.93. The standard InChI is InChI=1S/C26H19ClN2O3/c1-30-21-11-5-18(6-12-21)24-23(15-28)26(29-16-17-3-9-20(27)10-4-17)32-25(24)19-7-13-22(31-2)14-8-19/h3-14,16H,1-2H3. The molecule has 0 radical (unpaired) electrons. The molecule has 0 amide bonds. The van der Waals surface area contributed by atoms with Gasteiger partial charge in [0.25, 0.3) is 0 Å². The van der Waals surface area contributed by atoms with Gasteiger partial charge in [0.05, 0.1) is 14.2 Å². The average molecular weight is 443 g/mol. The molecule has 0 aliphatic carbocycles. The molecule has 0 aliphatic heterocycles. The van der Waals surface area contributed by atoms with Crippen LogP contribution in [0.3, 0.4) is 0 Å². The van der Waals surface area contributed by atoms with Gasteiger partial charge in [0.1, 0.15) is 28.9 Å². The number of hydrogen-bond donors (Lipinski definition) is 0. The first-order valence-electron chi connectivity index (χ1n) is 9.78. The number of aliphatic imine (C=N–C) groups is 1. The monoisotopic (exact) mass is 442 g/mol. The molecule has 4 rings (SSSR count). The molecule has 0 saturated heterocycles. The van der Waals surface area contributed by atoms with Crippen molar-refractivity contribution < 1.29 is 13.9 Å². The Morgan fingerprint density at radius 1 is 0.844 bits per heavy atom. The van der Waals surface area contributed by atoms with Crippen LogP contribution in [-0.2, 0) is 0 Å². The lowest BCUT2D eigenvalue weighted by Gasteiger charge is -2.06. The molecule has 0 N–H and O–H groups in total. The molecule has 0 fully saturated rings. The molecule has 5 nitrogen and oxygen atoms in total. The Morgan fingerprint density at radius 2 is 1.41 bits per heavy atom. The fourth-order valence-corrected chi connectivity index (χ4v) is 3.40.